The molecule has 1 aromatic heterocycles. The molecule has 238 valence electrons. The molecule has 45 heavy (non-hydrogen) atoms. The lowest BCUT2D eigenvalue weighted by molar-refractivity contribution is 0.0395. The number of halogens is 2. The maximum absolute atomic E-state index is 13.8. The number of ether oxygens (including phenoxy) is 5. The molecule has 4 aromatic rings. The molecule has 1 heterocycles. The van der Waals surface area contributed by atoms with Crippen molar-refractivity contribution in [2.45, 2.75) is 12.2 Å². The van der Waals surface area contributed by atoms with Crippen LogP contribution in [0.2, 0.25) is 5.02 Å². The Morgan fingerprint density at radius 2 is 1.67 bits per heavy atom. The maximum Gasteiger partial charge on any atom is 0.251 e. The number of nitrogens with zero attached hydrogens (tertiary/aromatic N) is 1. The molecule has 12 heteroatoms. The van der Waals surface area contributed by atoms with Gasteiger partial charge in [-0.1, -0.05) is 23.7 Å². The third-order valence-corrected chi connectivity index (χ3v) is 7.26. The highest BCUT2D eigenvalue weighted by Gasteiger charge is 2.31. The highest BCUT2D eigenvalue weighted by molar-refractivity contribution is 6.31. The van der Waals surface area contributed by atoms with Gasteiger partial charge in [-0.3, -0.25) is 4.79 Å². The molecule has 10 nitrogen and oxygen atoms in total. The summed E-state index contributed by atoms with van der Waals surface area (Å²) in [5, 5.41) is 14.0. The number of methoxy groups -OCH3 is 3. The Hall–Kier alpha value is -4.42. The van der Waals surface area contributed by atoms with Gasteiger partial charge in [-0.2, -0.15) is 0 Å². The molecule has 0 saturated heterocycles. The first kappa shape index (κ1) is 33.5. The predicted molar refractivity (Wildman–Crippen MR) is 168 cm³/mol. The van der Waals surface area contributed by atoms with Gasteiger partial charge in [0, 0.05) is 17.7 Å². The fourth-order valence-electron chi connectivity index (χ4n) is 4.37. The second-order valence-electron chi connectivity index (χ2n) is 9.91. The van der Waals surface area contributed by atoms with Crippen molar-refractivity contribution in [2.75, 3.05) is 47.6 Å². The third-order valence-electron chi connectivity index (χ3n) is 6.97. The van der Waals surface area contributed by atoms with E-state index in [9.17, 15) is 14.3 Å². The van der Waals surface area contributed by atoms with Crippen LogP contribution in [-0.2, 0) is 16.9 Å². The van der Waals surface area contributed by atoms with Gasteiger partial charge in [-0.05, 0) is 66.2 Å². The van der Waals surface area contributed by atoms with E-state index in [0.29, 0.717) is 41.7 Å². The molecule has 0 radical (unpaired) electrons. The van der Waals surface area contributed by atoms with E-state index >= 15 is 0 Å². The van der Waals surface area contributed by atoms with E-state index in [-0.39, 0.29) is 36.0 Å². The van der Waals surface area contributed by atoms with Crippen LogP contribution in [0, 0.1) is 5.82 Å². The summed E-state index contributed by atoms with van der Waals surface area (Å²) in [5.74, 6) is 0.890. The zero-order chi connectivity index (χ0) is 32.4. The van der Waals surface area contributed by atoms with E-state index in [0.717, 1.165) is 11.3 Å². The van der Waals surface area contributed by atoms with Crippen LogP contribution in [0.25, 0.3) is 11.3 Å². The molecule has 0 aliphatic rings. The first-order valence-electron chi connectivity index (χ1n) is 13.9. The number of aliphatic hydroxyl groups is 1. The van der Waals surface area contributed by atoms with Crippen molar-refractivity contribution in [1.82, 2.24) is 10.3 Å². The van der Waals surface area contributed by atoms with E-state index in [1.807, 2.05) is 24.3 Å². The molecular weight excluding hydrogens is 605 g/mol. The SMILES string of the molecule is COc1ccc(COCCOc2ccc(C(=O)NCC(O)(CN)c3ccc(OC)c(-c4ccc(F)c(Cl)c4)n3)cc2OC)cc1. The molecule has 0 spiro atoms. The zero-order valence-corrected chi connectivity index (χ0v) is 25.9. The Bertz CT molecular complexity index is 1610. The van der Waals surface area contributed by atoms with Crippen LogP contribution in [0.1, 0.15) is 21.6 Å². The van der Waals surface area contributed by atoms with Gasteiger partial charge in [-0.15, -0.1) is 0 Å². The van der Waals surface area contributed by atoms with E-state index in [1.165, 1.54) is 38.5 Å². The number of carbonyl (C=O) groups excluding carboxylic acids is 1. The second kappa shape index (κ2) is 15.5. The van der Waals surface area contributed by atoms with Crippen LogP contribution in [0.4, 0.5) is 4.39 Å². The summed E-state index contributed by atoms with van der Waals surface area (Å²) in [4.78, 5) is 17.6. The van der Waals surface area contributed by atoms with Crippen LogP contribution in [0.15, 0.2) is 72.8 Å². The molecule has 0 aliphatic carbocycles. The monoisotopic (exact) mass is 639 g/mol. The molecule has 1 atom stereocenters. The van der Waals surface area contributed by atoms with Crippen molar-refractivity contribution in [3.05, 3.63) is 100 Å². The lowest BCUT2D eigenvalue weighted by Crippen LogP contribution is -2.46. The maximum atomic E-state index is 13.8. The van der Waals surface area contributed by atoms with E-state index < -0.39 is 17.3 Å². The fraction of sp³-hybridized carbons (Fsp3) is 0.273. The van der Waals surface area contributed by atoms with Crippen LogP contribution >= 0.6 is 11.6 Å². The summed E-state index contributed by atoms with van der Waals surface area (Å²) in [7, 11) is 4.55. The van der Waals surface area contributed by atoms with Crippen LogP contribution in [0.3, 0.4) is 0 Å². The number of rotatable bonds is 15. The second-order valence-corrected chi connectivity index (χ2v) is 10.3. The Labute approximate surface area is 265 Å². The van der Waals surface area contributed by atoms with Crippen molar-refractivity contribution in [2.24, 2.45) is 5.73 Å². The Morgan fingerprint density at radius 1 is 0.933 bits per heavy atom. The van der Waals surface area contributed by atoms with Gasteiger partial charge in [-0.25, -0.2) is 9.37 Å². The number of nitrogens with one attached hydrogen (secondary N) is 1. The highest BCUT2D eigenvalue weighted by Crippen LogP contribution is 2.33. The predicted octanol–water partition coefficient (Wildman–Crippen LogP) is 4.74. The van der Waals surface area contributed by atoms with Crippen molar-refractivity contribution >= 4 is 17.5 Å². The average molecular weight is 640 g/mol. The number of nitrogens with two attached hydrogens (primary N) is 1. The van der Waals surface area contributed by atoms with Gasteiger partial charge in [0.05, 0.1) is 51.8 Å². The summed E-state index contributed by atoms with van der Waals surface area (Å²) >= 11 is 5.97. The third kappa shape index (κ3) is 8.40. The highest BCUT2D eigenvalue weighted by atomic mass is 35.5. The summed E-state index contributed by atoms with van der Waals surface area (Å²) in [6.45, 7) is 0.518. The van der Waals surface area contributed by atoms with Crippen molar-refractivity contribution < 1.29 is 38.0 Å². The van der Waals surface area contributed by atoms with Gasteiger partial charge in [0.25, 0.3) is 5.91 Å². The molecule has 3 aromatic carbocycles. The minimum Gasteiger partial charge on any atom is -0.497 e. The Balaban J connectivity index is 1.38. The average Bonchev–Trinajstić information content (AvgIpc) is 3.08. The fourth-order valence-corrected chi connectivity index (χ4v) is 4.55. The molecule has 1 unspecified atom stereocenters. The molecule has 4 rings (SSSR count). The topological polar surface area (TPSA) is 134 Å². The molecule has 1 amide bonds. The smallest absolute Gasteiger partial charge is 0.251 e. The molecule has 0 aliphatic heterocycles. The van der Waals surface area contributed by atoms with Gasteiger partial charge >= 0.3 is 0 Å². The summed E-state index contributed by atoms with van der Waals surface area (Å²) < 4.78 is 41.2. The Kier molecular flexibility index (Phi) is 11.6. The number of aromatic nitrogens is 1. The lowest BCUT2D eigenvalue weighted by Gasteiger charge is -2.27. The van der Waals surface area contributed by atoms with E-state index in [4.69, 9.17) is 41.0 Å². The number of pyridine rings is 1. The number of hydrogen-bond donors (Lipinski definition) is 3. The van der Waals surface area contributed by atoms with Gasteiger partial charge < -0.3 is 39.8 Å². The Morgan fingerprint density at radius 3 is 2.33 bits per heavy atom. The van der Waals surface area contributed by atoms with Crippen LogP contribution < -0.4 is 30.0 Å². The first-order chi connectivity index (χ1) is 21.7. The minimum atomic E-state index is -1.74. The number of carbonyl (C=O) groups is 1. The molecule has 0 bridgehead atoms. The van der Waals surface area contributed by atoms with Crippen molar-refractivity contribution in [3.63, 3.8) is 0 Å². The quantitative estimate of drug-likeness (QED) is 0.158. The first-order valence-corrected chi connectivity index (χ1v) is 14.3. The largest absolute Gasteiger partial charge is 0.497 e. The summed E-state index contributed by atoms with van der Waals surface area (Å²) in [6, 6.07) is 19.6. The zero-order valence-electron chi connectivity index (χ0n) is 25.1. The molecule has 0 fully saturated rings. The number of amides is 1. The molecule has 0 saturated carbocycles. The van der Waals surface area contributed by atoms with Gasteiger partial charge in [0.15, 0.2) is 11.5 Å². The summed E-state index contributed by atoms with van der Waals surface area (Å²) in [6.07, 6.45) is 0. The minimum absolute atomic E-state index is 0.0898. The van der Waals surface area contributed by atoms with Crippen molar-refractivity contribution in [1.29, 1.82) is 0 Å². The molecular formula is C33H35ClFN3O7. The number of benzene rings is 3. The van der Waals surface area contributed by atoms with E-state index in [1.54, 1.807) is 31.4 Å². The van der Waals surface area contributed by atoms with Gasteiger partial charge in [0.1, 0.15) is 35.2 Å². The normalized spacial score (nSPS) is 12.2. The lowest BCUT2D eigenvalue weighted by atomic mass is 9.97. The van der Waals surface area contributed by atoms with Crippen molar-refractivity contribution in [3.8, 4) is 34.3 Å². The van der Waals surface area contributed by atoms with Crippen LogP contribution in [-0.4, -0.2) is 63.6 Å². The number of hydrogen-bond acceptors (Lipinski definition) is 9. The van der Waals surface area contributed by atoms with Crippen LogP contribution in [0.5, 0.6) is 23.0 Å². The summed E-state index contributed by atoms with van der Waals surface area (Å²) in [5.41, 5.74) is 6.47. The standard InChI is InChI=1S/C33H35ClFN3O7/c1-41-24-8-4-21(5-9-24)18-44-14-15-45-27-11-7-23(17-29(27)43-3)32(39)37-20-33(40,19-36)30-13-12-28(42-2)31(38-30)22-6-10-26(35)25(34)16-22/h4-13,16-17,40H,14-15,18-20,36H2,1-3H3,(H,37,39). The molecule has 4 N–H and O–H groups in total. The van der Waals surface area contributed by atoms with Gasteiger partial charge in [0.2, 0.25) is 0 Å². The van der Waals surface area contributed by atoms with E-state index in [2.05, 4.69) is 10.3 Å².